The first-order chi connectivity index (χ1) is 4.42. The second kappa shape index (κ2) is 3.67. The van der Waals surface area contributed by atoms with E-state index in [9.17, 15) is 5.11 Å². The normalized spacial score (nSPS) is 16.0. The monoisotopic (exact) mass is 141 g/mol. The van der Waals surface area contributed by atoms with Gasteiger partial charge in [-0.3, -0.25) is 0 Å². The molecule has 0 spiro atoms. The van der Waals surface area contributed by atoms with E-state index in [1.807, 2.05) is 0 Å². The van der Waals surface area contributed by atoms with Gasteiger partial charge in [-0.2, -0.15) is 0 Å². The maximum atomic E-state index is 9.19. The Morgan fingerprint density at radius 1 is 1.60 bits per heavy atom. The summed E-state index contributed by atoms with van der Waals surface area (Å²) in [5.41, 5.74) is 0.538. The SMILES string of the molecule is [CH2+]C(C)(O)CCC=C(C)C. The minimum atomic E-state index is -0.758. The summed E-state index contributed by atoms with van der Waals surface area (Å²) in [4.78, 5) is 0. The van der Waals surface area contributed by atoms with Crippen molar-refractivity contribution in [3.8, 4) is 0 Å². The maximum absolute atomic E-state index is 9.19. The summed E-state index contributed by atoms with van der Waals surface area (Å²) >= 11 is 0. The molecule has 1 heteroatoms. The largest absolute Gasteiger partial charge is 0.351 e. The molecule has 0 heterocycles. The van der Waals surface area contributed by atoms with Crippen molar-refractivity contribution in [3.63, 3.8) is 0 Å². The molecule has 0 aromatic carbocycles. The fourth-order valence-corrected chi connectivity index (χ4v) is 0.672. The smallest absolute Gasteiger partial charge is 0.199 e. The Kier molecular flexibility index (Phi) is 3.51. The third kappa shape index (κ3) is 7.57. The molecule has 0 aliphatic rings. The molecule has 1 nitrogen and oxygen atoms in total. The first-order valence-electron chi connectivity index (χ1n) is 3.63. The molecule has 1 unspecified atom stereocenters. The van der Waals surface area contributed by atoms with Crippen molar-refractivity contribution in [2.24, 2.45) is 0 Å². The predicted molar refractivity (Wildman–Crippen MR) is 44.6 cm³/mol. The van der Waals surface area contributed by atoms with E-state index in [2.05, 4.69) is 26.8 Å². The number of rotatable bonds is 3. The molecule has 10 heavy (non-hydrogen) atoms. The highest BCUT2D eigenvalue weighted by Crippen LogP contribution is 2.10. The highest BCUT2D eigenvalue weighted by molar-refractivity contribution is 4.94. The lowest BCUT2D eigenvalue weighted by molar-refractivity contribution is 0.0999. The Labute approximate surface area is 63.8 Å². The molecule has 58 valence electrons. The highest BCUT2D eigenvalue weighted by atomic mass is 16.3. The molecule has 0 aliphatic carbocycles. The van der Waals surface area contributed by atoms with Gasteiger partial charge in [0.2, 0.25) is 0 Å². The molecular formula is C9H17O+. The minimum Gasteiger partial charge on any atom is -0.351 e. The maximum Gasteiger partial charge on any atom is 0.199 e. The fourth-order valence-electron chi connectivity index (χ4n) is 0.672. The van der Waals surface area contributed by atoms with Gasteiger partial charge in [-0.25, -0.2) is 0 Å². The van der Waals surface area contributed by atoms with Crippen LogP contribution in [0.3, 0.4) is 0 Å². The minimum absolute atomic E-state index is 0.734. The lowest BCUT2D eigenvalue weighted by Crippen LogP contribution is -2.17. The van der Waals surface area contributed by atoms with Gasteiger partial charge >= 0.3 is 0 Å². The second-order valence-corrected chi connectivity index (χ2v) is 3.32. The zero-order valence-corrected chi connectivity index (χ0v) is 7.15. The zero-order valence-electron chi connectivity index (χ0n) is 7.15. The first kappa shape index (κ1) is 9.57. The average Bonchev–Trinajstić information content (AvgIpc) is 1.59. The van der Waals surface area contributed by atoms with Gasteiger partial charge in [0, 0.05) is 13.3 Å². The molecule has 1 N–H and O–H groups in total. The number of allylic oxidation sites excluding steroid dienone is 2. The van der Waals surface area contributed by atoms with Gasteiger partial charge in [-0.1, -0.05) is 11.6 Å². The lowest BCUT2D eigenvalue weighted by Gasteiger charge is -2.07. The Balaban J connectivity index is 3.47. The topological polar surface area (TPSA) is 20.2 Å². The number of hydrogen-bond acceptors (Lipinski definition) is 1. The molecule has 1 atom stereocenters. The summed E-state index contributed by atoms with van der Waals surface area (Å²) in [5, 5.41) is 9.19. The van der Waals surface area contributed by atoms with E-state index in [1.165, 1.54) is 5.57 Å². The molecule has 0 aromatic heterocycles. The summed E-state index contributed by atoms with van der Waals surface area (Å²) in [5.74, 6) is 0. The van der Waals surface area contributed by atoms with E-state index in [0.717, 1.165) is 12.8 Å². The molecule has 0 saturated heterocycles. The van der Waals surface area contributed by atoms with E-state index in [0.29, 0.717) is 0 Å². The van der Waals surface area contributed by atoms with Crippen molar-refractivity contribution in [2.45, 2.75) is 39.2 Å². The highest BCUT2D eigenvalue weighted by Gasteiger charge is 2.18. The van der Waals surface area contributed by atoms with Crippen LogP contribution in [0.2, 0.25) is 0 Å². The van der Waals surface area contributed by atoms with E-state index in [4.69, 9.17) is 0 Å². The van der Waals surface area contributed by atoms with Crippen LogP contribution in [0.1, 0.15) is 33.6 Å². The molecule has 0 saturated carbocycles. The standard InChI is InChI=1S/C9H17O/c1-8(2)6-5-7-9(3,4)10/h6,10H,3,5,7H2,1-2,4H3/q+1. The van der Waals surface area contributed by atoms with Gasteiger partial charge in [0.25, 0.3) is 0 Å². The van der Waals surface area contributed by atoms with Gasteiger partial charge in [-0.15, -0.1) is 0 Å². The van der Waals surface area contributed by atoms with Crippen LogP contribution >= 0.6 is 0 Å². The lowest BCUT2D eigenvalue weighted by atomic mass is 10.0. The zero-order chi connectivity index (χ0) is 8.20. The predicted octanol–water partition coefficient (Wildman–Crippen LogP) is 2.32. The van der Waals surface area contributed by atoms with Gasteiger partial charge in [0.05, 0.1) is 6.92 Å². The van der Waals surface area contributed by atoms with Crippen LogP contribution in [0.25, 0.3) is 0 Å². The molecular weight excluding hydrogens is 124 g/mol. The number of hydrogen-bond donors (Lipinski definition) is 1. The summed E-state index contributed by atoms with van der Waals surface area (Å²) in [7, 11) is 0. The van der Waals surface area contributed by atoms with E-state index >= 15 is 0 Å². The summed E-state index contributed by atoms with van der Waals surface area (Å²) < 4.78 is 0. The van der Waals surface area contributed by atoms with E-state index in [1.54, 1.807) is 6.92 Å². The van der Waals surface area contributed by atoms with Gasteiger partial charge in [0.1, 0.15) is 0 Å². The van der Waals surface area contributed by atoms with Gasteiger partial charge in [-0.05, 0) is 20.3 Å². The molecule has 0 aliphatic heterocycles. The Hall–Kier alpha value is -0.430. The molecule has 0 bridgehead atoms. The van der Waals surface area contributed by atoms with Crippen molar-refractivity contribution in [1.82, 2.24) is 0 Å². The van der Waals surface area contributed by atoms with E-state index < -0.39 is 5.60 Å². The Morgan fingerprint density at radius 2 is 2.10 bits per heavy atom. The Bertz CT molecular complexity index is 113. The molecule has 0 amide bonds. The van der Waals surface area contributed by atoms with Gasteiger partial charge in [0.15, 0.2) is 5.60 Å². The van der Waals surface area contributed by atoms with Crippen LogP contribution in [0.5, 0.6) is 0 Å². The van der Waals surface area contributed by atoms with Crippen molar-refractivity contribution in [3.05, 3.63) is 18.6 Å². The summed E-state index contributed by atoms with van der Waals surface area (Å²) in [6.07, 6.45) is 3.76. The van der Waals surface area contributed by atoms with Crippen LogP contribution in [0.4, 0.5) is 0 Å². The molecule has 0 radical (unpaired) electrons. The average molecular weight is 141 g/mol. The molecule has 0 aromatic rings. The van der Waals surface area contributed by atoms with Crippen LogP contribution in [-0.2, 0) is 0 Å². The van der Waals surface area contributed by atoms with Crippen LogP contribution < -0.4 is 0 Å². The third-order valence-corrected chi connectivity index (χ3v) is 1.24. The number of aliphatic hydroxyl groups is 1. The van der Waals surface area contributed by atoms with Crippen LogP contribution in [0, 0.1) is 6.92 Å². The quantitative estimate of drug-likeness (QED) is 0.472. The summed E-state index contributed by atoms with van der Waals surface area (Å²) in [6.45, 7) is 9.43. The Morgan fingerprint density at radius 3 is 2.40 bits per heavy atom. The van der Waals surface area contributed by atoms with Crippen molar-refractivity contribution in [2.75, 3.05) is 0 Å². The summed E-state index contributed by atoms with van der Waals surface area (Å²) in [6, 6.07) is 0. The molecule has 0 fully saturated rings. The van der Waals surface area contributed by atoms with E-state index in [-0.39, 0.29) is 0 Å². The first-order valence-corrected chi connectivity index (χ1v) is 3.63. The van der Waals surface area contributed by atoms with Crippen molar-refractivity contribution >= 4 is 0 Å². The van der Waals surface area contributed by atoms with Gasteiger partial charge < -0.3 is 5.11 Å². The third-order valence-electron chi connectivity index (χ3n) is 1.24. The van der Waals surface area contributed by atoms with Crippen molar-refractivity contribution < 1.29 is 5.11 Å². The van der Waals surface area contributed by atoms with Crippen LogP contribution in [-0.4, -0.2) is 10.7 Å². The fraction of sp³-hybridized carbons (Fsp3) is 0.667. The van der Waals surface area contributed by atoms with Crippen LogP contribution in [0.15, 0.2) is 11.6 Å². The molecule has 0 rings (SSSR count). The second-order valence-electron chi connectivity index (χ2n) is 3.32. The van der Waals surface area contributed by atoms with Crippen molar-refractivity contribution in [1.29, 1.82) is 0 Å².